The lowest BCUT2D eigenvalue weighted by atomic mass is 9.79. The molecule has 1 nitrogen and oxygen atoms in total. The van der Waals surface area contributed by atoms with Gasteiger partial charge in [-0.05, 0) is 38.0 Å². The third-order valence-corrected chi connectivity index (χ3v) is 2.90. The van der Waals surface area contributed by atoms with Crippen molar-refractivity contribution in [2.75, 3.05) is 6.54 Å². The monoisotopic (exact) mass is 167 g/mol. The van der Waals surface area contributed by atoms with Crippen molar-refractivity contribution in [1.82, 2.24) is 0 Å². The second-order valence-corrected chi connectivity index (χ2v) is 4.44. The number of allylic oxidation sites excluding steroid dienone is 1. The van der Waals surface area contributed by atoms with Crippen molar-refractivity contribution in [3.05, 3.63) is 11.1 Å². The average molecular weight is 167 g/mol. The fraction of sp³-hybridized carbons (Fsp3) is 0.818. The van der Waals surface area contributed by atoms with E-state index >= 15 is 0 Å². The van der Waals surface area contributed by atoms with Gasteiger partial charge in [-0.3, -0.25) is 0 Å². The lowest BCUT2D eigenvalue weighted by molar-refractivity contribution is 0.356. The van der Waals surface area contributed by atoms with Crippen LogP contribution in [0.2, 0.25) is 0 Å². The van der Waals surface area contributed by atoms with Crippen LogP contribution in [-0.4, -0.2) is 6.54 Å². The van der Waals surface area contributed by atoms with E-state index < -0.39 is 0 Å². The molecule has 0 spiro atoms. The third-order valence-electron chi connectivity index (χ3n) is 2.90. The average Bonchev–Trinajstić information content (AvgIpc) is 2.01. The van der Waals surface area contributed by atoms with Gasteiger partial charge in [0.05, 0.1) is 0 Å². The van der Waals surface area contributed by atoms with E-state index in [1.54, 1.807) is 5.57 Å². The standard InChI is InChI=1S/C11H21N/c1-8-4-9(2)6-11(5-8)10(3)7-12/h8-9H,4-7,12H2,1-3H3. The number of hydrogen-bond donors (Lipinski definition) is 1. The van der Waals surface area contributed by atoms with Crippen LogP contribution in [0.5, 0.6) is 0 Å². The Morgan fingerprint density at radius 1 is 1.33 bits per heavy atom. The van der Waals surface area contributed by atoms with E-state index in [9.17, 15) is 0 Å². The minimum atomic E-state index is 0.745. The molecule has 1 rings (SSSR count). The summed E-state index contributed by atoms with van der Waals surface area (Å²) in [4.78, 5) is 0. The molecule has 0 radical (unpaired) electrons. The Morgan fingerprint density at radius 3 is 2.25 bits per heavy atom. The summed E-state index contributed by atoms with van der Waals surface area (Å²) in [6.07, 6.45) is 3.96. The summed E-state index contributed by atoms with van der Waals surface area (Å²) in [6.45, 7) is 7.62. The van der Waals surface area contributed by atoms with Gasteiger partial charge in [0.25, 0.3) is 0 Å². The molecule has 0 aliphatic heterocycles. The Kier molecular flexibility index (Phi) is 3.33. The molecule has 0 saturated heterocycles. The Morgan fingerprint density at radius 2 is 1.83 bits per heavy atom. The van der Waals surface area contributed by atoms with E-state index in [0.717, 1.165) is 18.4 Å². The molecule has 0 amide bonds. The highest BCUT2D eigenvalue weighted by Gasteiger charge is 2.19. The van der Waals surface area contributed by atoms with Gasteiger partial charge in [0.15, 0.2) is 0 Å². The smallest absolute Gasteiger partial charge is 0.0136 e. The maximum Gasteiger partial charge on any atom is 0.0136 e. The third kappa shape index (κ3) is 2.34. The van der Waals surface area contributed by atoms with Crippen LogP contribution in [0.15, 0.2) is 11.1 Å². The van der Waals surface area contributed by atoms with Crippen molar-refractivity contribution >= 4 is 0 Å². The van der Waals surface area contributed by atoms with Crippen LogP contribution >= 0.6 is 0 Å². The Hall–Kier alpha value is -0.300. The normalized spacial score (nSPS) is 30.5. The topological polar surface area (TPSA) is 26.0 Å². The summed E-state index contributed by atoms with van der Waals surface area (Å²) in [6, 6.07) is 0. The van der Waals surface area contributed by atoms with Crippen molar-refractivity contribution in [2.45, 2.75) is 40.0 Å². The second-order valence-electron chi connectivity index (χ2n) is 4.44. The van der Waals surface area contributed by atoms with Gasteiger partial charge in [-0.1, -0.05) is 25.0 Å². The maximum atomic E-state index is 5.64. The molecule has 0 bridgehead atoms. The van der Waals surface area contributed by atoms with Gasteiger partial charge in [0, 0.05) is 6.54 Å². The first-order valence-corrected chi connectivity index (χ1v) is 5.01. The molecule has 0 aromatic carbocycles. The van der Waals surface area contributed by atoms with E-state index in [0.29, 0.717) is 0 Å². The van der Waals surface area contributed by atoms with E-state index in [1.807, 2.05) is 0 Å². The minimum Gasteiger partial charge on any atom is -0.327 e. The van der Waals surface area contributed by atoms with E-state index in [-0.39, 0.29) is 0 Å². The molecular formula is C11H21N. The Bertz CT molecular complexity index is 169. The van der Waals surface area contributed by atoms with Gasteiger partial charge in [-0.2, -0.15) is 0 Å². The summed E-state index contributed by atoms with van der Waals surface area (Å²) < 4.78 is 0. The predicted octanol–water partition coefficient (Wildman–Crippen LogP) is 2.72. The van der Waals surface area contributed by atoms with Crippen molar-refractivity contribution in [3.8, 4) is 0 Å². The summed E-state index contributed by atoms with van der Waals surface area (Å²) in [5.41, 5.74) is 8.69. The van der Waals surface area contributed by atoms with Gasteiger partial charge < -0.3 is 5.73 Å². The van der Waals surface area contributed by atoms with Crippen LogP contribution < -0.4 is 5.73 Å². The fourth-order valence-electron chi connectivity index (χ4n) is 2.27. The molecule has 12 heavy (non-hydrogen) atoms. The summed E-state index contributed by atoms with van der Waals surface area (Å²) in [7, 11) is 0. The predicted molar refractivity (Wildman–Crippen MR) is 53.9 cm³/mol. The summed E-state index contributed by atoms with van der Waals surface area (Å²) >= 11 is 0. The Balaban J connectivity index is 2.66. The van der Waals surface area contributed by atoms with Crippen molar-refractivity contribution in [1.29, 1.82) is 0 Å². The number of nitrogens with two attached hydrogens (primary N) is 1. The first kappa shape index (κ1) is 9.79. The molecule has 0 aromatic heterocycles. The number of rotatable bonds is 1. The second kappa shape index (κ2) is 4.08. The molecule has 1 aliphatic rings. The van der Waals surface area contributed by atoms with Crippen LogP contribution in [0, 0.1) is 11.8 Å². The van der Waals surface area contributed by atoms with E-state index in [2.05, 4.69) is 20.8 Å². The van der Waals surface area contributed by atoms with Crippen LogP contribution in [0.1, 0.15) is 40.0 Å². The SMILES string of the molecule is CC(CN)=C1CC(C)CC(C)C1. The molecule has 2 unspecified atom stereocenters. The first-order chi connectivity index (χ1) is 5.63. The zero-order chi connectivity index (χ0) is 9.14. The molecule has 0 aromatic rings. The van der Waals surface area contributed by atoms with Crippen LogP contribution in [0.4, 0.5) is 0 Å². The molecule has 1 heteroatoms. The van der Waals surface area contributed by atoms with Gasteiger partial charge in [-0.15, -0.1) is 0 Å². The Labute approximate surface area is 76.0 Å². The summed E-state index contributed by atoms with van der Waals surface area (Å²) in [5, 5.41) is 0. The van der Waals surface area contributed by atoms with Gasteiger partial charge >= 0.3 is 0 Å². The lowest BCUT2D eigenvalue weighted by Crippen LogP contribution is -2.15. The van der Waals surface area contributed by atoms with Gasteiger partial charge in [-0.25, -0.2) is 0 Å². The van der Waals surface area contributed by atoms with Crippen LogP contribution in [0.3, 0.4) is 0 Å². The van der Waals surface area contributed by atoms with Gasteiger partial charge in [0.2, 0.25) is 0 Å². The molecule has 2 atom stereocenters. The molecule has 2 N–H and O–H groups in total. The fourth-order valence-corrected chi connectivity index (χ4v) is 2.27. The zero-order valence-electron chi connectivity index (χ0n) is 8.56. The highest BCUT2D eigenvalue weighted by molar-refractivity contribution is 5.16. The van der Waals surface area contributed by atoms with Crippen LogP contribution in [-0.2, 0) is 0 Å². The first-order valence-electron chi connectivity index (χ1n) is 5.01. The van der Waals surface area contributed by atoms with Crippen molar-refractivity contribution in [3.63, 3.8) is 0 Å². The molecule has 0 heterocycles. The summed E-state index contributed by atoms with van der Waals surface area (Å²) in [5.74, 6) is 1.73. The molecule has 1 aliphatic carbocycles. The van der Waals surface area contributed by atoms with Crippen molar-refractivity contribution < 1.29 is 0 Å². The van der Waals surface area contributed by atoms with Gasteiger partial charge in [0.1, 0.15) is 0 Å². The van der Waals surface area contributed by atoms with Crippen LogP contribution in [0.25, 0.3) is 0 Å². The zero-order valence-corrected chi connectivity index (χ0v) is 8.56. The highest BCUT2D eigenvalue weighted by atomic mass is 14.5. The molecule has 1 fully saturated rings. The minimum absolute atomic E-state index is 0.745. The highest BCUT2D eigenvalue weighted by Crippen LogP contribution is 2.33. The maximum absolute atomic E-state index is 5.64. The number of hydrogen-bond acceptors (Lipinski definition) is 1. The van der Waals surface area contributed by atoms with Crippen molar-refractivity contribution in [2.24, 2.45) is 17.6 Å². The molecule has 1 saturated carbocycles. The largest absolute Gasteiger partial charge is 0.327 e. The quantitative estimate of drug-likeness (QED) is 0.597. The van der Waals surface area contributed by atoms with E-state index in [4.69, 9.17) is 5.73 Å². The molecular weight excluding hydrogens is 146 g/mol. The van der Waals surface area contributed by atoms with E-state index in [1.165, 1.54) is 24.8 Å². The molecule has 70 valence electrons. The lowest BCUT2D eigenvalue weighted by Gasteiger charge is -2.27.